The van der Waals surface area contributed by atoms with Crippen LogP contribution in [-0.4, -0.2) is 12.3 Å². The Labute approximate surface area is 67.5 Å². The van der Waals surface area contributed by atoms with Gasteiger partial charge in [-0.2, -0.15) is 0 Å². The highest BCUT2D eigenvalue weighted by Gasteiger charge is 2.40. The summed E-state index contributed by atoms with van der Waals surface area (Å²) in [6.07, 6.45) is 5.54. The van der Waals surface area contributed by atoms with Crippen LogP contribution in [0.2, 0.25) is 0 Å². The molecular formula is C8H17N3. The van der Waals surface area contributed by atoms with Crippen LogP contribution in [0.4, 0.5) is 0 Å². The zero-order valence-electron chi connectivity index (χ0n) is 6.79. The Morgan fingerprint density at radius 2 is 1.36 bits per heavy atom. The number of rotatable bonds is 0. The van der Waals surface area contributed by atoms with Crippen molar-refractivity contribution in [2.45, 2.75) is 38.0 Å². The third kappa shape index (κ3) is 1.17. The molecule has 0 aromatic rings. The molecule has 0 aromatic heterocycles. The van der Waals surface area contributed by atoms with Crippen molar-refractivity contribution in [1.29, 1.82) is 0 Å². The first-order valence-corrected chi connectivity index (χ1v) is 4.56. The Bertz CT molecular complexity index is 132. The fourth-order valence-corrected chi connectivity index (χ4v) is 2.55. The quantitative estimate of drug-likeness (QED) is 0.460. The number of fused-ring (bicyclic) bond motifs is 1. The summed E-state index contributed by atoms with van der Waals surface area (Å²) in [5.74, 6) is 1.30. The van der Waals surface area contributed by atoms with Gasteiger partial charge in [-0.3, -0.25) is 5.32 Å². The van der Waals surface area contributed by atoms with Gasteiger partial charge in [0.05, 0.1) is 12.3 Å². The van der Waals surface area contributed by atoms with E-state index in [1.807, 2.05) is 0 Å². The molecule has 1 heterocycles. The first-order valence-electron chi connectivity index (χ1n) is 4.56. The van der Waals surface area contributed by atoms with Gasteiger partial charge in [0.1, 0.15) is 0 Å². The van der Waals surface area contributed by atoms with Gasteiger partial charge in [-0.15, -0.1) is 0 Å². The molecule has 0 spiro atoms. The summed E-state index contributed by atoms with van der Waals surface area (Å²) < 4.78 is 0. The van der Waals surface area contributed by atoms with E-state index in [1.165, 1.54) is 25.7 Å². The van der Waals surface area contributed by atoms with Gasteiger partial charge in [-0.25, -0.2) is 0 Å². The van der Waals surface area contributed by atoms with E-state index in [4.69, 9.17) is 11.5 Å². The summed E-state index contributed by atoms with van der Waals surface area (Å²) >= 11 is 0. The van der Waals surface area contributed by atoms with Crippen LogP contribution < -0.4 is 16.8 Å². The Morgan fingerprint density at radius 1 is 0.909 bits per heavy atom. The van der Waals surface area contributed by atoms with E-state index in [0.717, 1.165) is 0 Å². The number of nitrogens with one attached hydrogen (secondary N) is 1. The zero-order valence-corrected chi connectivity index (χ0v) is 6.79. The highest BCUT2D eigenvalue weighted by Crippen LogP contribution is 2.36. The van der Waals surface area contributed by atoms with E-state index < -0.39 is 0 Å². The van der Waals surface area contributed by atoms with E-state index in [-0.39, 0.29) is 12.3 Å². The highest BCUT2D eigenvalue weighted by molar-refractivity contribution is 4.93. The molecular weight excluding hydrogens is 138 g/mol. The predicted octanol–water partition coefficient (Wildman–Crippen LogP) is -0.0344. The van der Waals surface area contributed by atoms with Crippen LogP contribution in [0.1, 0.15) is 25.7 Å². The molecule has 1 saturated heterocycles. The van der Waals surface area contributed by atoms with Crippen LogP contribution in [0.3, 0.4) is 0 Å². The lowest BCUT2D eigenvalue weighted by Crippen LogP contribution is -2.42. The van der Waals surface area contributed by atoms with Gasteiger partial charge in [0, 0.05) is 0 Å². The minimum atomic E-state index is 0.162. The van der Waals surface area contributed by atoms with E-state index in [2.05, 4.69) is 5.32 Å². The van der Waals surface area contributed by atoms with E-state index in [0.29, 0.717) is 11.8 Å². The molecule has 1 aliphatic carbocycles. The van der Waals surface area contributed by atoms with Gasteiger partial charge < -0.3 is 11.5 Å². The van der Waals surface area contributed by atoms with Crippen LogP contribution in [0, 0.1) is 11.8 Å². The van der Waals surface area contributed by atoms with E-state index in [9.17, 15) is 0 Å². The van der Waals surface area contributed by atoms with Crippen molar-refractivity contribution in [3.63, 3.8) is 0 Å². The molecule has 0 radical (unpaired) electrons. The van der Waals surface area contributed by atoms with Gasteiger partial charge in [0.25, 0.3) is 0 Å². The molecule has 5 N–H and O–H groups in total. The fraction of sp³-hybridized carbons (Fsp3) is 1.00. The molecule has 4 unspecified atom stereocenters. The molecule has 2 rings (SSSR count). The Kier molecular flexibility index (Phi) is 1.87. The van der Waals surface area contributed by atoms with Crippen molar-refractivity contribution in [1.82, 2.24) is 5.32 Å². The second-order valence-electron chi connectivity index (χ2n) is 3.83. The molecule has 0 aromatic carbocycles. The molecule has 2 aliphatic rings. The molecule has 1 saturated carbocycles. The first kappa shape index (κ1) is 7.53. The maximum Gasteiger partial charge on any atom is 0.0591 e. The normalized spacial score (nSPS) is 50.7. The van der Waals surface area contributed by atoms with Crippen molar-refractivity contribution in [2.24, 2.45) is 23.3 Å². The SMILES string of the molecule is NC1NC(N)C2CCCCC12. The summed E-state index contributed by atoms with van der Waals surface area (Å²) in [6.45, 7) is 0. The maximum atomic E-state index is 5.89. The maximum absolute atomic E-state index is 5.89. The van der Waals surface area contributed by atoms with Crippen molar-refractivity contribution >= 4 is 0 Å². The largest absolute Gasteiger partial charge is 0.316 e. The van der Waals surface area contributed by atoms with Crippen LogP contribution >= 0.6 is 0 Å². The monoisotopic (exact) mass is 155 g/mol. The Hall–Kier alpha value is -0.120. The lowest BCUT2D eigenvalue weighted by molar-refractivity contribution is 0.247. The topological polar surface area (TPSA) is 64.1 Å². The molecule has 1 aliphatic heterocycles. The molecule has 0 bridgehead atoms. The molecule has 11 heavy (non-hydrogen) atoms. The number of hydrogen-bond acceptors (Lipinski definition) is 3. The van der Waals surface area contributed by atoms with E-state index in [1.54, 1.807) is 0 Å². The summed E-state index contributed by atoms with van der Waals surface area (Å²) in [5, 5.41) is 3.21. The summed E-state index contributed by atoms with van der Waals surface area (Å²) in [4.78, 5) is 0. The third-order valence-corrected chi connectivity index (χ3v) is 3.18. The molecule has 3 heteroatoms. The summed E-state index contributed by atoms with van der Waals surface area (Å²) in [6, 6.07) is 0. The number of nitrogens with two attached hydrogens (primary N) is 2. The smallest absolute Gasteiger partial charge is 0.0591 e. The highest BCUT2D eigenvalue weighted by atomic mass is 15.2. The lowest BCUT2D eigenvalue weighted by Gasteiger charge is -2.27. The second-order valence-corrected chi connectivity index (χ2v) is 3.83. The first-order chi connectivity index (χ1) is 5.29. The van der Waals surface area contributed by atoms with Gasteiger partial charge in [-0.1, -0.05) is 12.8 Å². The Morgan fingerprint density at radius 3 is 1.82 bits per heavy atom. The van der Waals surface area contributed by atoms with Crippen molar-refractivity contribution in [3.8, 4) is 0 Å². The molecule has 3 nitrogen and oxygen atoms in total. The fourth-order valence-electron chi connectivity index (χ4n) is 2.55. The molecule has 64 valence electrons. The minimum Gasteiger partial charge on any atom is -0.316 e. The number of hydrogen-bond donors (Lipinski definition) is 3. The summed E-state index contributed by atoms with van der Waals surface area (Å²) in [5.41, 5.74) is 11.8. The molecule has 4 atom stereocenters. The average molecular weight is 155 g/mol. The minimum absolute atomic E-state index is 0.162. The van der Waals surface area contributed by atoms with Gasteiger partial charge in [0.2, 0.25) is 0 Å². The zero-order chi connectivity index (χ0) is 7.84. The predicted molar refractivity (Wildman–Crippen MR) is 44.5 cm³/mol. The van der Waals surface area contributed by atoms with Crippen molar-refractivity contribution < 1.29 is 0 Å². The third-order valence-electron chi connectivity index (χ3n) is 3.18. The van der Waals surface area contributed by atoms with Crippen LogP contribution in [-0.2, 0) is 0 Å². The summed E-state index contributed by atoms with van der Waals surface area (Å²) in [7, 11) is 0. The van der Waals surface area contributed by atoms with E-state index >= 15 is 0 Å². The van der Waals surface area contributed by atoms with Crippen molar-refractivity contribution in [2.75, 3.05) is 0 Å². The average Bonchev–Trinajstić information content (AvgIpc) is 2.30. The van der Waals surface area contributed by atoms with Gasteiger partial charge >= 0.3 is 0 Å². The van der Waals surface area contributed by atoms with Gasteiger partial charge in [-0.05, 0) is 24.7 Å². The second kappa shape index (κ2) is 2.73. The van der Waals surface area contributed by atoms with Crippen LogP contribution in [0.25, 0.3) is 0 Å². The lowest BCUT2D eigenvalue weighted by atomic mass is 9.79. The Balaban J connectivity index is 2.07. The standard InChI is InChI=1S/C8H17N3/c9-7-5-3-1-2-4-6(5)8(10)11-7/h5-8,11H,1-4,9-10H2. The molecule has 0 amide bonds. The van der Waals surface area contributed by atoms with Gasteiger partial charge in [0.15, 0.2) is 0 Å². The molecule has 2 fully saturated rings. The van der Waals surface area contributed by atoms with Crippen LogP contribution in [0.5, 0.6) is 0 Å². The van der Waals surface area contributed by atoms with Crippen LogP contribution in [0.15, 0.2) is 0 Å². The van der Waals surface area contributed by atoms with Crippen molar-refractivity contribution in [3.05, 3.63) is 0 Å².